The Hall–Kier alpha value is -2.44. The molecule has 0 bridgehead atoms. The van der Waals surface area contributed by atoms with Gasteiger partial charge in [0.25, 0.3) is 5.91 Å². The summed E-state index contributed by atoms with van der Waals surface area (Å²) in [7, 11) is -4.81. The number of hydrogen-bond donors (Lipinski definition) is 3. The van der Waals surface area contributed by atoms with Crippen LogP contribution < -0.4 is 10.9 Å². The lowest BCUT2D eigenvalue weighted by Crippen LogP contribution is -2.59. The van der Waals surface area contributed by atoms with Crippen molar-refractivity contribution in [1.82, 2.24) is 20.4 Å². The molecule has 0 unspecified atom stereocenters. The fraction of sp³-hybridized carbons (Fsp3) is 0.417. The van der Waals surface area contributed by atoms with Gasteiger partial charge in [-0.3, -0.25) is 25.2 Å². The zero-order valence-electron chi connectivity index (χ0n) is 12.7. The SMILES string of the molecule is CCN1C(=O)N(OS(=O)(=O)O)CC[C@H]1C(=O)NNc1cccnc1. The summed E-state index contributed by atoms with van der Waals surface area (Å²) in [5, 5.41) is 0.497. The average molecular weight is 359 g/mol. The van der Waals surface area contributed by atoms with E-state index in [9.17, 15) is 18.0 Å². The lowest BCUT2D eigenvalue weighted by Gasteiger charge is -2.38. The maximum absolute atomic E-state index is 12.3. The van der Waals surface area contributed by atoms with Crippen molar-refractivity contribution in [2.45, 2.75) is 19.4 Å². The first-order chi connectivity index (χ1) is 11.3. The number of aromatic nitrogens is 1. The Labute approximate surface area is 138 Å². The molecule has 132 valence electrons. The predicted molar refractivity (Wildman–Crippen MR) is 81.5 cm³/mol. The van der Waals surface area contributed by atoms with Crippen molar-refractivity contribution in [1.29, 1.82) is 0 Å². The molecule has 1 fully saturated rings. The Bertz CT molecular complexity index is 697. The van der Waals surface area contributed by atoms with Crippen LogP contribution in [0.3, 0.4) is 0 Å². The Morgan fingerprint density at radius 1 is 1.54 bits per heavy atom. The van der Waals surface area contributed by atoms with Gasteiger partial charge >= 0.3 is 16.4 Å². The molecule has 0 saturated carbocycles. The van der Waals surface area contributed by atoms with Gasteiger partial charge < -0.3 is 4.90 Å². The van der Waals surface area contributed by atoms with Crippen LogP contribution in [0.25, 0.3) is 0 Å². The first-order valence-corrected chi connectivity index (χ1v) is 8.39. The van der Waals surface area contributed by atoms with Crippen LogP contribution in [0, 0.1) is 0 Å². The van der Waals surface area contributed by atoms with Crippen LogP contribution in [-0.4, -0.2) is 59.0 Å². The fourth-order valence-electron chi connectivity index (χ4n) is 2.23. The number of urea groups is 1. The van der Waals surface area contributed by atoms with Crippen molar-refractivity contribution >= 4 is 28.0 Å². The minimum absolute atomic E-state index is 0.121. The second-order valence-corrected chi connectivity index (χ2v) is 5.84. The second kappa shape index (κ2) is 7.42. The van der Waals surface area contributed by atoms with Gasteiger partial charge in [0, 0.05) is 12.7 Å². The van der Waals surface area contributed by atoms with Crippen LogP contribution in [-0.2, 0) is 19.5 Å². The van der Waals surface area contributed by atoms with E-state index < -0.39 is 28.4 Å². The number of pyridine rings is 1. The minimum atomic E-state index is -4.81. The molecule has 2 heterocycles. The quantitative estimate of drug-likeness (QED) is 0.467. The normalized spacial score (nSPS) is 18.4. The molecule has 12 heteroatoms. The third-order valence-electron chi connectivity index (χ3n) is 3.26. The molecule has 0 aliphatic carbocycles. The zero-order valence-corrected chi connectivity index (χ0v) is 13.6. The van der Waals surface area contributed by atoms with Gasteiger partial charge in [0.2, 0.25) is 0 Å². The third kappa shape index (κ3) is 4.53. The molecule has 3 N–H and O–H groups in total. The standard InChI is InChI=1S/C12H17N5O6S/c1-2-16-10(5-7-17(12(16)19)23-24(20,21)22)11(18)15-14-9-4-3-6-13-8-9/h3-4,6,8,10,14H,2,5,7H2,1H3,(H,15,18)(H,20,21,22)/t10-/m0/s1. The number of rotatable bonds is 6. The second-order valence-electron chi connectivity index (χ2n) is 4.83. The summed E-state index contributed by atoms with van der Waals surface area (Å²) < 4.78 is 34.4. The smallest absolute Gasteiger partial charge is 0.311 e. The molecule has 1 atom stereocenters. The molecule has 24 heavy (non-hydrogen) atoms. The van der Waals surface area contributed by atoms with E-state index >= 15 is 0 Å². The highest BCUT2D eigenvalue weighted by Crippen LogP contribution is 2.18. The van der Waals surface area contributed by atoms with E-state index in [0.717, 1.165) is 4.90 Å². The van der Waals surface area contributed by atoms with Crippen LogP contribution in [0.4, 0.5) is 10.5 Å². The molecule has 0 spiro atoms. The van der Waals surface area contributed by atoms with Gasteiger partial charge in [-0.2, -0.15) is 13.5 Å². The van der Waals surface area contributed by atoms with Gasteiger partial charge in [-0.25, -0.2) is 4.79 Å². The van der Waals surface area contributed by atoms with E-state index in [-0.39, 0.29) is 19.5 Å². The van der Waals surface area contributed by atoms with E-state index in [2.05, 4.69) is 20.1 Å². The van der Waals surface area contributed by atoms with E-state index in [0.29, 0.717) is 10.8 Å². The summed E-state index contributed by atoms with van der Waals surface area (Å²) in [6.45, 7) is 1.61. The highest BCUT2D eigenvalue weighted by Gasteiger charge is 2.38. The number of hydroxylamine groups is 2. The lowest BCUT2D eigenvalue weighted by atomic mass is 10.1. The van der Waals surface area contributed by atoms with Crippen molar-refractivity contribution in [2.24, 2.45) is 0 Å². The summed E-state index contributed by atoms with van der Waals surface area (Å²) in [5.74, 6) is -0.472. The van der Waals surface area contributed by atoms with E-state index in [1.165, 1.54) is 6.20 Å². The summed E-state index contributed by atoms with van der Waals surface area (Å²) in [5.41, 5.74) is 5.70. The molecular weight excluding hydrogens is 342 g/mol. The fourth-order valence-corrected chi connectivity index (χ4v) is 2.60. The maximum atomic E-state index is 12.3. The van der Waals surface area contributed by atoms with Gasteiger partial charge in [-0.1, -0.05) is 0 Å². The van der Waals surface area contributed by atoms with Crippen molar-refractivity contribution in [2.75, 3.05) is 18.5 Å². The number of anilines is 1. The zero-order chi connectivity index (χ0) is 17.7. The van der Waals surface area contributed by atoms with E-state index in [1.807, 2.05) is 0 Å². The Morgan fingerprint density at radius 3 is 2.88 bits per heavy atom. The molecule has 11 nitrogen and oxygen atoms in total. The maximum Gasteiger partial charge on any atom is 0.418 e. The van der Waals surface area contributed by atoms with Crippen LogP contribution in [0.15, 0.2) is 24.5 Å². The highest BCUT2D eigenvalue weighted by molar-refractivity contribution is 7.80. The molecule has 1 aliphatic heterocycles. The van der Waals surface area contributed by atoms with Crippen molar-refractivity contribution < 1.29 is 26.8 Å². The number of hydrazine groups is 1. The average Bonchev–Trinajstić information content (AvgIpc) is 2.54. The molecule has 2 rings (SSSR count). The molecule has 1 saturated heterocycles. The predicted octanol–water partition coefficient (Wildman–Crippen LogP) is -0.225. The van der Waals surface area contributed by atoms with Crippen molar-refractivity contribution in [3.05, 3.63) is 24.5 Å². The lowest BCUT2D eigenvalue weighted by molar-refractivity contribution is -0.129. The van der Waals surface area contributed by atoms with Crippen LogP contribution in [0.5, 0.6) is 0 Å². The van der Waals surface area contributed by atoms with E-state index in [4.69, 9.17) is 4.55 Å². The Morgan fingerprint density at radius 2 is 2.29 bits per heavy atom. The Balaban J connectivity index is 2.00. The summed E-state index contributed by atoms with van der Waals surface area (Å²) in [6, 6.07) is 1.73. The van der Waals surface area contributed by atoms with Gasteiger partial charge in [-0.15, -0.1) is 4.28 Å². The Kier molecular flexibility index (Phi) is 5.54. The number of nitrogens with zero attached hydrogens (tertiary/aromatic N) is 3. The molecule has 0 aromatic carbocycles. The first-order valence-electron chi connectivity index (χ1n) is 7.03. The summed E-state index contributed by atoms with van der Waals surface area (Å²) in [4.78, 5) is 29.4. The number of carbonyl (C=O) groups is 2. The van der Waals surface area contributed by atoms with Crippen LogP contribution in [0.2, 0.25) is 0 Å². The van der Waals surface area contributed by atoms with Gasteiger partial charge in [0.1, 0.15) is 6.04 Å². The van der Waals surface area contributed by atoms with Crippen molar-refractivity contribution in [3.63, 3.8) is 0 Å². The molecule has 1 aromatic heterocycles. The number of likely N-dealkylation sites (N-methyl/N-ethyl adjacent to an activating group) is 1. The molecule has 1 aromatic rings. The largest absolute Gasteiger partial charge is 0.418 e. The molecule has 1 aliphatic rings. The number of carbonyl (C=O) groups excluding carboxylic acids is 2. The number of nitrogens with one attached hydrogen (secondary N) is 2. The molecular formula is C12H17N5O6S. The first kappa shape index (κ1) is 17.9. The molecule has 3 amide bonds. The van der Waals surface area contributed by atoms with Crippen molar-refractivity contribution in [3.8, 4) is 0 Å². The number of hydrogen-bond acceptors (Lipinski definition) is 7. The monoisotopic (exact) mass is 359 g/mol. The summed E-state index contributed by atoms with van der Waals surface area (Å²) >= 11 is 0. The minimum Gasteiger partial charge on any atom is -0.311 e. The van der Waals surface area contributed by atoms with Gasteiger partial charge in [-0.05, 0) is 25.5 Å². The topological polar surface area (TPSA) is 141 Å². The third-order valence-corrected chi connectivity index (χ3v) is 3.63. The molecule has 0 radical (unpaired) electrons. The highest BCUT2D eigenvalue weighted by atomic mass is 32.3. The van der Waals surface area contributed by atoms with Crippen LogP contribution >= 0.6 is 0 Å². The number of amides is 3. The van der Waals surface area contributed by atoms with Crippen LogP contribution in [0.1, 0.15) is 13.3 Å². The summed E-state index contributed by atoms with van der Waals surface area (Å²) in [6.07, 6.45) is 3.21. The van der Waals surface area contributed by atoms with Gasteiger partial charge in [0.15, 0.2) is 0 Å². The van der Waals surface area contributed by atoms with Gasteiger partial charge in [0.05, 0.1) is 18.4 Å². The van der Waals surface area contributed by atoms with E-state index in [1.54, 1.807) is 25.3 Å².